The zero-order valence-electron chi connectivity index (χ0n) is 13.1. The lowest BCUT2D eigenvalue weighted by Crippen LogP contribution is -2.47. The molecule has 1 fully saturated rings. The first-order chi connectivity index (χ1) is 10.2. The van der Waals surface area contributed by atoms with Crippen molar-refractivity contribution in [2.45, 2.75) is 32.4 Å². The van der Waals surface area contributed by atoms with Crippen LogP contribution in [0.2, 0.25) is 5.02 Å². The molecule has 1 aromatic rings. The standard InChI is InChI=1S/C17H27ClN2O/c1-3-9-19-17-8-10-21-13-15(17)12-20(2)11-14-6-4-5-7-16(14)18/h4-7,15,17,19H,3,8-13H2,1-2H3. The van der Waals surface area contributed by atoms with Crippen LogP contribution in [0.5, 0.6) is 0 Å². The maximum atomic E-state index is 6.24. The summed E-state index contributed by atoms with van der Waals surface area (Å²) >= 11 is 6.24. The van der Waals surface area contributed by atoms with E-state index in [-0.39, 0.29) is 0 Å². The fourth-order valence-electron chi connectivity index (χ4n) is 2.96. The molecule has 21 heavy (non-hydrogen) atoms. The molecule has 0 saturated carbocycles. The quantitative estimate of drug-likeness (QED) is 0.837. The molecular weight excluding hydrogens is 284 g/mol. The van der Waals surface area contributed by atoms with E-state index < -0.39 is 0 Å². The zero-order chi connectivity index (χ0) is 15.1. The van der Waals surface area contributed by atoms with Crippen molar-refractivity contribution < 1.29 is 4.74 Å². The molecule has 2 rings (SSSR count). The predicted molar refractivity (Wildman–Crippen MR) is 88.8 cm³/mol. The molecular formula is C17H27ClN2O. The van der Waals surface area contributed by atoms with Crippen molar-refractivity contribution >= 4 is 11.6 Å². The lowest BCUT2D eigenvalue weighted by Gasteiger charge is -2.35. The first kappa shape index (κ1) is 16.8. The number of hydrogen-bond acceptors (Lipinski definition) is 3. The first-order valence-electron chi connectivity index (χ1n) is 7.93. The molecule has 0 aliphatic carbocycles. The van der Waals surface area contributed by atoms with E-state index >= 15 is 0 Å². The van der Waals surface area contributed by atoms with Gasteiger partial charge in [0.15, 0.2) is 0 Å². The minimum atomic E-state index is 0.554. The number of nitrogens with one attached hydrogen (secondary N) is 1. The summed E-state index contributed by atoms with van der Waals surface area (Å²) in [6.45, 7) is 6.96. The van der Waals surface area contributed by atoms with Gasteiger partial charge in [-0.1, -0.05) is 36.7 Å². The van der Waals surface area contributed by atoms with Crippen LogP contribution in [0.4, 0.5) is 0 Å². The van der Waals surface area contributed by atoms with Crippen LogP contribution in [0.1, 0.15) is 25.3 Å². The van der Waals surface area contributed by atoms with Gasteiger partial charge in [0.2, 0.25) is 0 Å². The summed E-state index contributed by atoms with van der Waals surface area (Å²) in [5, 5.41) is 4.52. The Labute approximate surface area is 133 Å². The van der Waals surface area contributed by atoms with E-state index in [2.05, 4.69) is 30.3 Å². The third-order valence-electron chi connectivity index (χ3n) is 4.07. The molecule has 1 heterocycles. The second-order valence-electron chi connectivity index (χ2n) is 5.97. The number of benzene rings is 1. The number of ether oxygens (including phenoxy) is 1. The Balaban J connectivity index is 1.87. The van der Waals surface area contributed by atoms with Crippen LogP contribution in [0, 0.1) is 5.92 Å². The number of nitrogens with zero attached hydrogens (tertiary/aromatic N) is 1. The Morgan fingerprint density at radius 1 is 1.38 bits per heavy atom. The van der Waals surface area contributed by atoms with Gasteiger partial charge in [0.05, 0.1) is 6.61 Å². The van der Waals surface area contributed by atoms with Crippen LogP contribution in [0.3, 0.4) is 0 Å². The van der Waals surface area contributed by atoms with Crippen molar-refractivity contribution in [3.63, 3.8) is 0 Å². The van der Waals surface area contributed by atoms with Crippen molar-refractivity contribution in [3.8, 4) is 0 Å². The third-order valence-corrected chi connectivity index (χ3v) is 4.44. The lowest BCUT2D eigenvalue weighted by molar-refractivity contribution is 0.0189. The summed E-state index contributed by atoms with van der Waals surface area (Å²) in [5.41, 5.74) is 1.19. The Hall–Kier alpha value is -0.610. The van der Waals surface area contributed by atoms with Crippen LogP contribution in [0.15, 0.2) is 24.3 Å². The van der Waals surface area contributed by atoms with Gasteiger partial charge in [0.1, 0.15) is 0 Å². The van der Waals surface area contributed by atoms with E-state index in [1.54, 1.807) is 0 Å². The van der Waals surface area contributed by atoms with Crippen LogP contribution in [0.25, 0.3) is 0 Å². The molecule has 1 aliphatic rings. The fourth-order valence-corrected chi connectivity index (χ4v) is 3.15. The van der Waals surface area contributed by atoms with Gasteiger partial charge in [-0.15, -0.1) is 0 Å². The highest BCUT2D eigenvalue weighted by Gasteiger charge is 2.26. The van der Waals surface area contributed by atoms with Crippen LogP contribution < -0.4 is 5.32 Å². The summed E-state index contributed by atoms with van der Waals surface area (Å²) < 4.78 is 5.67. The van der Waals surface area contributed by atoms with Crippen molar-refractivity contribution in [2.75, 3.05) is 33.4 Å². The van der Waals surface area contributed by atoms with Crippen molar-refractivity contribution in [1.82, 2.24) is 10.2 Å². The van der Waals surface area contributed by atoms with Crippen LogP contribution in [-0.4, -0.2) is 44.3 Å². The molecule has 1 N–H and O–H groups in total. The number of rotatable bonds is 7. The van der Waals surface area contributed by atoms with E-state index in [0.29, 0.717) is 12.0 Å². The minimum absolute atomic E-state index is 0.554. The molecule has 1 aliphatic heterocycles. The third kappa shape index (κ3) is 5.26. The summed E-state index contributed by atoms with van der Waals surface area (Å²) in [6.07, 6.45) is 2.30. The largest absolute Gasteiger partial charge is 0.381 e. The highest BCUT2D eigenvalue weighted by atomic mass is 35.5. The fraction of sp³-hybridized carbons (Fsp3) is 0.647. The molecule has 0 spiro atoms. The Morgan fingerprint density at radius 2 is 2.19 bits per heavy atom. The molecule has 1 saturated heterocycles. The zero-order valence-corrected chi connectivity index (χ0v) is 13.9. The predicted octanol–water partition coefficient (Wildman–Crippen LogP) is 3.18. The normalized spacial score (nSPS) is 22.7. The molecule has 2 unspecified atom stereocenters. The highest BCUT2D eigenvalue weighted by molar-refractivity contribution is 6.31. The minimum Gasteiger partial charge on any atom is -0.381 e. The van der Waals surface area contributed by atoms with Crippen molar-refractivity contribution in [3.05, 3.63) is 34.9 Å². The maximum Gasteiger partial charge on any atom is 0.0521 e. The molecule has 0 amide bonds. The Morgan fingerprint density at radius 3 is 2.95 bits per heavy atom. The number of halogens is 1. The van der Waals surface area contributed by atoms with Gasteiger partial charge in [-0.2, -0.15) is 0 Å². The highest BCUT2D eigenvalue weighted by Crippen LogP contribution is 2.20. The van der Waals surface area contributed by atoms with E-state index in [9.17, 15) is 0 Å². The molecule has 4 heteroatoms. The van der Waals surface area contributed by atoms with Gasteiger partial charge < -0.3 is 15.0 Å². The molecule has 0 radical (unpaired) electrons. The molecule has 118 valence electrons. The monoisotopic (exact) mass is 310 g/mol. The molecule has 3 nitrogen and oxygen atoms in total. The topological polar surface area (TPSA) is 24.5 Å². The molecule has 2 atom stereocenters. The average molecular weight is 311 g/mol. The molecule has 1 aromatic carbocycles. The summed E-state index contributed by atoms with van der Waals surface area (Å²) in [5.74, 6) is 0.554. The van der Waals surface area contributed by atoms with Crippen molar-refractivity contribution in [1.29, 1.82) is 0 Å². The van der Waals surface area contributed by atoms with Gasteiger partial charge in [0, 0.05) is 36.7 Å². The summed E-state index contributed by atoms with van der Waals surface area (Å²) in [4.78, 5) is 2.35. The molecule has 0 aromatic heterocycles. The van der Waals surface area contributed by atoms with E-state index in [4.69, 9.17) is 16.3 Å². The van der Waals surface area contributed by atoms with Gasteiger partial charge in [0.25, 0.3) is 0 Å². The van der Waals surface area contributed by atoms with Gasteiger partial charge in [-0.25, -0.2) is 0 Å². The Bertz CT molecular complexity index is 427. The lowest BCUT2D eigenvalue weighted by atomic mass is 9.95. The molecule has 0 bridgehead atoms. The maximum absolute atomic E-state index is 6.24. The SMILES string of the molecule is CCCNC1CCOCC1CN(C)Cc1ccccc1Cl. The van der Waals surface area contributed by atoms with E-state index in [1.807, 2.05) is 18.2 Å². The van der Waals surface area contributed by atoms with Gasteiger partial charge in [-0.3, -0.25) is 0 Å². The number of hydrogen-bond donors (Lipinski definition) is 1. The summed E-state index contributed by atoms with van der Waals surface area (Å²) in [7, 11) is 2.16. The second kappa shape index (κ2) is 8.74. The van der Waals surface area contributed by atoms with Crippen molar-refractivity contribution in [2.24, 2.45) is 5.92 Å². The first-order valence-corrected chi connectivity index (χ1v) is 8.31. The van der Waals surface area contributed by atoms with Crippen LogP contribution >= 0.6 is 11.6 Å². The average Bonchev–Trinajstić information content (AvgIpc) is 2.49. The van der Waals surface area contributed by atoms with E-state index in [0.717, 1.165) is 44.3 Å². The van der Waals surface area contributed by atoms with E-state index in [1.165, 1.54) is 12.0 Å². The summed E-state index contributed by atoms with van der Waals surface area (Å²) in [6, 6.07) is 8.66. The Kier molecular flexibility index (Phi) is 6.97. The van der Waals surface area contributed by atoms with Gasteiger partial charge >= 0.3 is 0 Å². The second-order valence-corrected chi connectivity index (χ2v) is 6.38. The van der Waals surface area contributed by atoms with Crippen LogP contribution in [-0.2, 0) is 11.3 Å². The smallest absolute Gasteiger partial charge is 0.0521 e. The van der Waals surface area contributed by atoms with Gasteiger partial charge in [-0.05, 0) is 38.1 Å².